The molecule has 2 heterocycles. The van der Waals surface area contributed by atoms with Crippen LogP contribution in [-0.2, 0) is 12.2 Å². The van der Waals surface area contributed by atoms with Crippen LogP contribution >= 0.6 is 11.8 Å². The highest BCUT2D eigenvalue weighted by Gasteiger charge is 2.12. The summed E-state index contributed by atoms with van der Waals surface area (Å²) in [6, 6.07) is 11.6. The number of rotatable bonds is 4. The van der Waals surface area contributed by atoms with Crippen molar-refractivity contribution >= 4 is 22.7 Å². The normalized spacial score (nSPS) is 10.8. The summed E-state index contributed by atoms with van der Waals surface area (Å²) in [4.78, 5) is 16.4. The average molecular weight is 350 g/mol. The Morgan fingerprint density at radius 3 is 2.76 bits per heavy atom. The first-order valence-corrected chi connectivity index (χ1v) is 9.07. The summed E-state index contributed by atoms with van der Waals surface area (Å²) in [5, 5.41) is 11.0. The molecule has 25 heavy (non-hydrogen) atoms. The monoisotopic (exact) mass is 350 g/mol. The summed E-state index contributed by atoms with van der Waals surface area (Å²) in [7, 11) is 0. The fourth-order valence-corrected chi connectivity index (χ4v) is 3.89. The molecule has 0 saturated heterocycles. The number of pyridine rings is 1. The van der Waals surface area contributed by atoms with E-state index in [1.54, 1.807) is 0 Å². The van der Waals surface area contributed by atoms with Gasteiger partial charge in [-0.05, 0) is 49.1 Å². The minimum atomic E-state index is -0.356. The molecule has 0 N–H and O–H groups in total. The van der Waals surface area contributed by atoms with Gasteiger partial charge in [0.1, 0.15) is 16.7 Å². The van der Waals surface area contributed by atoms with Gasteiger partial charge in [0.2, 0.25) is 0 Å². The van der Waals surface area contributed by atoms with Crippen LogP contribution in [0.1, 0.15) is 34.9 Å². The Morgan fingerprint density at radius 2 is 2.04 bits per heavy atom. The third-order valence-corrected chi connectivity index (χ3v) is 5.11. The molecule has 0 saturated carbocycles. The molecule has 0 aliphatic rings. The van der Waals surface area contributed by atoms with Gasteiger partial charge in [0.05, 0.1) is 5.56 Å². The average Bonchev–Trinajstić information content (AvgIpc) is 2.58. The van der Waals surface area contributed by atoms with E-state index in [0.29, 0.717) is 21.9 Å². The summed E-state index contributed by atoms with van der Waals surface area (Å²) in [6.07, 6.45) is 0.886. The Kier molecular flexibility index (Phi) is 4.91. The van der Waals surface area contributed by atoms with Crippen LogP contribution in [0, 0.1) is 25.2 Å². The van der Waals surface area contributed by atoms with Crippen LogP contribution in [0.25, 0.3) is 11.0 Å². The van der Waals surface area contributed by atoms with Gasteiger partial charge >= 0.3 is 5.63 Å². The van der Waals surface area contributed by atoms with Gasteiger partial charge in [-0.15, -0.1) is 11.8 Å². The number of aromatic nitrogens is 1. The molecule has 4 nitrogen and oxygen atoms in total. The van der Waals surface area contributed by atoms with Crippen molar-refractivity contribution in [1.82, 2.24) is 4.98 Å². The number of thioether (sulfide) groups is 1. The highest BCUT2D eigenvalue weighted by Crippen LogP contribution is 2.29. The van der Waals surface area contributed by atoms with Crippen LogP contribution < -0.4 is 5.63 Å². The third kappa shape index (κ3) is 3.59. The summed E-state index contributed by atoms with van der Waals surface area (Å²) in [5.41, 5.74) is 4.66. The van der Waals surface area contributed by atoms with Gasteiger partial charge in [-0.25, -0.2) is 9.78 Å². The minimum absolute atomic E-state index is 0.356. The Labute approximate surface area is 150 Å². The smallest absolute Gasteiger partial charge is 0.336 e. The molecular weight excluding hydrogens is 332 g/mol. The first-order chi connectivity index (χ1) is 12.0. The van der Waals surface area contributed by atoms with Crippen molar-refractivity contribution in [1.29, 1.82) is 5.26 Å². The second-order valence-corrected chi connectivity index (χ2v) is 6.90. The van der Waals surface area contributed by atoms with Crippen molar-refractivity contribution in [3.8, 4) is 6.07 Å². The van der Waals surface area contributed by atoms with Crippen LogP contribution in [0.5, 0.6) is 0 Å². The van der Waals surface area contributed by atoms with E-state index in [4.69, 9.17) is 4.42 Å². The second kappa shape index (κ2) is 7.12. The minimum Gasteiger partial charge on any atom is -0.423 e. The molecule has 0 bridgehead atoms. The van der Waals surface area contributed by atoms with E-state index in [0.717, 1.165) is 34.2 Å². The molecule has 0 amide bonds. The van der Waals surface area contributed by atoms with Gasteiger partial charge in [-0.2, -0.15) is 5.26 Å². The number of nitrogens with zero attached hydrogens (tertiary/aromatic N) is 2. The molecule has 0 atom stereocenters. The summed E-state index contributed by atoms with van der Waals surface area (Å²) in [6.45, 7) is 5.89. The molecule has 0 fully saturated rings. The molecule has 126 valence electrons. The van der Waals surface area contributed by atoms with Gasteiger partial charge in [0.15, 0.2) is 0 Å². The number of nitriles is 1. The lowest BCUT2D eigenvalue weighted by molar-refractivity contribution is 0.559. The molecule has 3 rings (SSSR count). The van der Waals surface area contributed by atoms with E-state index >= 15 is 0 Å². The zero-order valence-corrected chi connectivity index (χ0v) is 15.2. The van der Waals surface area contributed by atoms with E-state index in [9.17, 15) is 10.1 Å². The summed E-state index contributed by atoms with van der Waals surface area (Å²) >= 11 is 1.47. The Balaban J connectivity index is 2.00. The number of hydrogen-bond donors (Lipinski definition) is 0. The lowest BCUT2D eigenvalue weighted by Gasteiger charge is -2.09. The lowest BCUT2D eigenvalue weighted by Crippen LogP contribution is -2.01. The van der Waals surface area contributed by atoms with Gasteiger partial charge in [0, 0.05) is 22.9 Å². The van der Waals surface area contributed by atoms with Crippen molar-refractivity contribution in [2.24, 2.45) is 0 Å². The summed E-state index contributed by atoms with van der Waals surface area (Å²) < 4.78 is 5.35. The maximum Gasteiger partial charge on any atom is 0.336 e. The molecule has 0 radical (unpaired) electrons. The van der Waals surface area contributed by atoms with Gasteiger partial charge < -0.3 is 4.42 Å². The van der Waals surface area contributed by atoms with Crippen molar-refractivity contribution in [3.05, 3.63) is 68.7 Å². The van der Waals surface area contributed by atoms with E-state index in [1.807, 2.05) is 38.1 Å². The first-order valence-electron chi connectivity index (χ1n) is 8.08. The van der Waals surface area contributed by atoms with Crippen LogP contribution in [0.3, 0.4) is 0 Å². The molecule has 1 aromatic carbocycles. The van der Waals surface area contributed by atoms with Crippen molar-refractivity contribution in [2.45, 2.75) is 38.0 Å². The maximum absolute atomic E-state index is 11.9. The van der Waals surface area contributed by atoms with Gasteiger partial charge in [-0.1, -0.05) is 19.1 Å². The lowest BCUT2D eigenvalue weighted by atomic mass is 10.1. The van der Waals surface area contributed by atoms with Crippen LogP contribution in [-0.4, -0.2) is 4.98 Å². The molecular formula is C20H18N2O2S. The van der Waals surface area contributed by atoms with E-state index in [1.165, 1.54) is 17.8 Å². The largest absolute Gasteiger partial charge is 0.423 e. The zero-order valence-electron chi connectivity index (χ0n) is 14.4. The Bertz CT molecular complexity index is 1050. The van der Waals surface area contributed by atoms with Crippen LogP contribution in [0.2, 0.25) is 0 Å². The van der Waals surface area contributed by atoms with E-state index < -0.39 is 0 Å². The zero-order chi connectivity index (χ0) is 18.0. The Hall–Kier alpha value is -2.58. The molecule has 2 aromatic heterocycles. The molecule has 5 heteroatoms. The number of hydrogen-bond acceptors (Lipinski definition) is 5. The van der Waals surface area contributed by atoms with Crippen molar-refractivity contribution in [2.75, 3.05) is 0 Å². The highest BCUT2D eigenvalue weighted by molar-refractivity contribution is 7.98. The van der Waals surface area contributed by atoms with Crippen LogP contribution in [0.15, 0.2) is 44.6 Å². The molecule has 0 aliphatic carbocycles. The Morgan fingerprint density at radius 1 is 1.24 bits per heavy atom. The van der Waals surface area contributed by atoms with Crippen molar-refractivity contribution < 1.29 is 4.42 Å². The topological polar surface area (TPSA) is 66.9 Å². The predicted octanol–water partition coefficient (Wildman–Crippen LogP) is 4.53. The molecule has 3 aromatic rings. The number of benzene rings is 1. The molecule has 0 spiro atoms. The third-order valence-electron chi connectivity index (χ3n) is 4.09. The van der Waals surface area contributed by atoms with E-state index in [2.05, 4.69) is 18.0 Å². The van der Waals surface area contributed by atoms with Gasteiger partial charge in [0.25, 0.3) is 0 Å². The molecule has 0 unspecified atom stereocenters. The maximum atomic E-state index is 11.9. The predicted molar refractivity (Wildman–Crippen MR) is 99.8 cm³/mol. The molecule has 0 aliphatic heterocycles. The summed E-state index contributed by atoms with van der Waals surface area (Å²) in [5.74, 6) is 0.554. The quantitative estimate of drug-likeness (QED) is 0.511. The first kappa shape index (κ1) is 17.2. The highest BCUT2D eigenvalue weighted by atomic mass is 32.2. The van der Waals surface area contributed by atoms with E-state index in [-0.39, 0.29) is 5.63 Å². The number of fused-ring (bicyclic) bond motifs is 1. The second-order valence-electron chi connectivity index (χ2n) is 5.94. The standard InChI is InChI=1S/C20H18N2O2S/c1-4-14-5-6-16-15(9-19(23)24-18(16)8-14)11-25-20-17(10-21)12(2)7-13(3)22-20/h5-9H,4,11H2,1-3H3. The van der Waals surface area contributed by atoms with Crippen LogP contribution in [0.4, 0.5) is 0 Å². The SMILES string of the molecule is CCc1ccc2c(CSc3nc(C)cc(C)c3C#N)cc(=O)oc2c1. The number of aryl methyl sites for hydroxylation is 3. The fraction of sp³-hybridized carbons (Fsp3) is 0.250. The van der Waals surface area contributed by atoms with Crippen molar-refractivity contribution in [3.63, 3.8) is 0 Å². The fourth-order valence-electron chi connectivity index (χ4n) is 2.80. The van der Waals surface area contributed by atoms with Gasteiger partial charge in [-0.3, -0.25) is 0 Å².